The van der Waals surface area contributed by atoms with Crippen molar-refractivity contribution in [2.75, 3.05) is 25.1 Å². The van der Waals surface area contributed by atoms with E-state index in [0.717, 1.165) is 0 Å². The van der Waals surface area contributed by atoms with Gasteiger partial charge in [-0.05, 0) is 26.0 Å². The Morgan fingerprint density at radius 2 is 1.83 bits per heavy atom. The minimum absolute atomic E-state index is 0.0913. The molecular formula is C16H18F3N3O2. The maximum absolute atomic E-state index is 13.2. The highest BCUT2D eigenvalue weighted by Gasteiger charge is 2.36. The third-order valence-electron chi connectivity index (χ3n) is 3.86. The van der Waals surface area contributed by atoms with Gasteiger partial charge >= 0.3 is 6.18 Å². The molecule has 1 aromatic heterocycles. The van der Waals surface area contributed by atoms with E-state index in [2.05, 4.69) is 9.97 Å². The van der Waals surface area contributed by atoms with Crippen LogP contribution in [-0.4, -0.2) is 42.4 Å². The number of halogens is 3. The molecule has 3 rings (SSSR count). The van der Waals surface area contributed by atoms with Crippen molar-refractivity contribution < 1.29 is 22.6 Å². The summed E-state index contributed by atoms with van der Waals surface area (Å²) in [7, 11) is 1.46. The Hall–Kier alpha value is -2.09. The largest absolute Gasteiger partial charge is 0.497 e. The molecule has 0 radical (unpaired) electrons. The number of benzene rings is 1. The highest BCUT2D eigenvalue weighted by atomic mass is 19.4. The smallest absolute Gasteiger partial charge is 0.451 e. The molecule has 2 aromatic rings. The Kier molecular flexibility index (Phi) is 4.25. The van der Waals surface area contributed by atoms with Gasteiger partial charge in [-0.25, -0.2) is 9.97 Å². The van der Waals surface area contributed by atoms with Gasteiger partial charge in [0.2, 0.25) is 5.82 Å². The van der Waals surface area contributed by atoms with Crippen LogP contribution in [0.2, 0.25) is 0 Å². The summed E-state index contributed by atoms with van der Waals surface area (Å²) in [6.45, 7) is 4.72. The van der Waals surface area contributed by atoms with Crippen molar-refractivity contribution in [3.8, 4) is 5.75 Å². The van der Waals surface area contributed by atoms with Crippen LogP contribution in [0.4, 0.5) is 19.0 Å². The summed E-state index contributed by atoms with van der Waals surface area (Å²) in [5, 5.41) is 0.560. The predicted octanol–water partition coefficient (Wildman–Crippen LogP) is 3.27. The fraction of sp³-hybridized carbons (Fsp3) is 0.500. The first-order chi connectivity index (χ1) is 11.3. The molecule has 8 heteroatoms. The molecule has 1 aromatic carbocycles. The maximum atomic E-state index is 13.2. The molecule has 2 heterocycles. The summed E-state index contributed by atoms with van der Waals surface area (Å²) in [6, 6.07) is 4.87. The van der Waals surface area contributed by atoms with Crippen LogP contribution < -0.4 is 9.64 Å². The SMILES string of the molecule is COc1ccc2c(N3CC(C)OC(C)C3)nc(C(F)(F)F)nc2c1. The number of alkyl halides is 3. The number of hydrogen-bond acceptors (Lipinski definition) is 5. The van der Waals surface area contributed by atoms with Crippen molar-refractivity contribution in [2.45, 2.75) is 32.2 Å². The van der Waals surface area contributed by atoms with Crippen molar-refractivity contribution in [3.63, 3.8) is 0 Å². The van der Waals surface area contributed by atoms with E-state index < -0.39 is 12.0 Å². The van der Waals surface area contributed by atoms with Crippen LogP contribution in [0.25, 0.3) is 10.9 Å². The van der Waals surface area contributed by atoms with Crippen LogP contribution in [-0.2, 0) is 10.9 Å². The summed E-state index contributed by atoms with van der Waals surface area (Å²) in [5.74, 6) is -0.425. The first-order valence-electron chi connectivity index (χ1n) is 7.61. The van der Waals surface area contributed by atoms with E-state index in [0.29, 0.717) is 24.2 Å². The fourth-order valence-electron chi connectivity index (χ4n) is 2.94. The number of anilines is 1. The van der Waals surface area contributed by atoms with E-state index in [4.69, 9.17) is 9.47 Å². The lowest BCUT2D eigenvalue weighted by Gasteiger charge is -2.36. The number of fused-ring (bicyclic) bond motifs is 1. The molecule has 1 saturated heterocycles. The molecule has 0 spiro atoms. The van der Waals surface area contributed by atoms with Crippen LogP contribution >= 0.6 is 0 Å². The monoisotopic (exact) mass is 341 g/mol. The number of aromatic nitrogens is 2. The van der Waals surface area contributed by atoms with Gasteiger partial charge in [0.1, 0.15) is 11.6 Å². The average molecular weight is 341 g/mol. The highest BCUT2D eigenvalue weighted by Crippen LogP contribution is 2.34. The quantitative estimate of drug-likeness (QED) is 0.839. The number of nitrogens with zero attached hydrogens (tertiary/aromatic N) is 3. The van der Waals surface area contributed by atoms with Gasteiger partial charge in [0, 0.05) is 24.5 Å². The second-order valence-corrected chi connectivity index (χ2v) is 5.91. The van der Waals surface area contributed by atoms with Gasteiger partial charge in [0.15, 0.2) is 0 Å². The van der Waals surface area contributed by atoms with E-state index in [1.807, 2.05) is 18.7 Å². The van der Waals surface area contributed by atoms with Crippen molar-refractivity contribution in [3.05, 3.63) is 24.0 Å². The van der Waals surface area contributed by atoms with Crippen molar-refractivity contribution in [1.82, 2.24) is 9.97 Å². The molecule has 0 bridgehead atoms. The zero-order chi connectivity index (χ0) is 17.5. The average Bonchev–Trinajstić information content (AvgIpc) is 2.51. The van der Waals surface area contributed by atoms with Crippen LogP contribution in [0.1, 0.15) is 19.7 Å². The van der Waals surface area contributed by atoms with Crippen molar-refractivity contribution in [1.29, 1.82) is 0 Å². The number of hydrogen-bond donors (Lipinski definition) is 0. The lowest BCUT2D eigenvalue weighted by Crippen LogP contribution is -2.46. The molecule has 2 atom stereocenters. The molecule has 5 nitrogen and oxygen atoms in total. The summed E-state index contributed by atoms with van der Waals surface area (Å²) in [5.41, 5.74) is 0.207. The number of morpholine rings is 1. The van der Waals surface area contributed by atoms with E-state index in [-0.39, 0.29) is 23.5 Å². The van der Waals surface area contributed by atoms with Crippen LogP contribution in [0.15, 0.2) is 18.2 Å². The molecule has 0 amide bonds. The molecule has 0 saturated carbocycles. The molecule has 2 unspecified atom stereocenters. The number of ether oxygens (including phenoxy) is 2. The van der Waals surface area contributed by atoms with Gasteiger partial charge in [-0.15, -0.1) is 0 Å². The Morgan fingerprint density at radius 3 is 2.42 bits per heavy atom. The Morgan fingerprint density at radius 1 is 1.17 bits per heavy atom. The van der Waals surface area contributed by atoms with Gasteiger partial charge in [-0.3, -0.25) is 0 Å². The van der Waals surface area contributed by atoms with Crippen LogP contribution in [0.5, 0.6) is 5.75 Å². The van der Waals surface area contributed by atoms with Crippen LogP contribution in [0, 0.1) is 0 Å². The molecule has 1 aliphatic heterocycles. The maximum Gasteiger partial charge on any atom is 0.451 e. The van der Waals surface area contributed by atoms with Crippen LogP contribution in [0.3, 0.4) is 0 Å². The molecular weight excluding hydrogens is 323 g/mol. The Balaban J connectivity index is 2.17. The molecule has 0 aliphatic carbocycles. The second-order valence-electron chi connectivity index (χ2n) is 5.91. The van der Waals surface area contributed by atoms with E-state index in [1.54, 1.807) is 12.1 Å². The number of methoxy groups -OCH3 is 1. The van der Waals surface area contributed by atoms with Gasteiger partial charge in [-0.1, -0.05) is 0 Å². The van der Waals surface area contributed by atoms with Gasteiger partial charge in [-0.2, -0.15) is 13.2 Å². The van der Waals surface area contributed by atoms with Crippen molar-refractivity contribution in [2.24, 2.45) is 0 Å². The standard InChI is InChI=1S/C16H18F3N3O2/c1-9-7-22(8-10(2)24-9)14-12-5-4-11(23-3)6-13(12)20-15(21-14)16(17,18)19/h4-6,9-10H,7-8H2,1-3H3. The molecule has 1 fully saturated rings. The first-order valence-corrected chi connectivity index (χ1v) is 7.61. The fourth-order valence-corrected chi connectivity index (χ4v) is 2.94. The second kappa shape index (κ2) is 6.08. The number of rotatable bonds is 2. The predicted molar refractivity (Wildman–Crippen MR) is 83.3 cm³/mol. The Labute approximate surface area is 137 Å². The topological polar surface area (TPSA) is 47.5 Å². The molecule has 1 aliphatic rings. The Bertz CT molecular complexity index is 741. The summed E-state index contributed by atoms with van der Waals surface area (Å²) in [6.07, 6.45) is -4.80. The molecule has 24 heavy (non-hydrogen) atoms. The lowest BCUT2D eigenvalue weighted by molar-refractivity contribution is -0.144. The first kappa shape index (κ1) is 16.8. The molecule has 0 N–H and O–H groups in total. The van der Waals surface area contributed by atoms with E-state index in [1.165, 1.54) is 13.2 Å². The van der Waals surface area contributed by atoms with E-state index >= 15 is 0 Å². The van der Waals surface area contributed by atoms with Gasteiger partial charge in [0.25, 0.3) is 0 Å². The van der Waals surface area contributed by atoms with Gasteiger partial charge < -0.3 is 14.4 Å². The minimum atomic E-state index is -4.62. The van der Waals surface area contributed by atoms with Gasteiger partial charge in [0.05, 0.1) is 24.8 Å². The molecule has 130 valence electrons. The zero-order valence-corrected chi connectivity index (χ0v) is 13.6. The highest BCUT2D eigenvalue weighted by molar-refractivity contribution is 5.90. The summed E-state index contributed by atoms with van der Waals surface area (Å²) >= 11 is 0. The zero-order valence-electron chi connectivity index (χ0n) is 13.6. The third kappa shape index (κ3) is 3.24. The van der Waals surface area contributed by atoms with Crippen molar-refractivity contribution >= 4 is 16.7 Å². The summed E-state index contributed by atoms with van der Waals surface area (Å²) < 4.78 is 50.3. The van der Waals surface area contributed by atoms with E-state index in [9.17, 15) is 13.2 Å². The minimum Gasteiger partial charge on any atom is -0.497 e. The third-order valence-corrected chi connectivity index (χ3v) is 3.86. The normalized spacial score (nSPS) is 22.0. The summed E-state index contributed by atoms with van der Waals surface area (Å²) in [4.78, 5) is 9.31. The lowest BCUT2D eigenvalue weighted by atomic mass is 10.1.